The lowest BCUT2D eigenvalue weighted by Crippen LogP contribution is -2.54. The molecule has 4 heteroatoms. The number of piperidine rings is 1. The molecule has 4 unspecified atom stereocenters. The van der Waals surface area contributed by atoms with Crippen LogP contribution in [0.3, 0.4) is 0 Å². The first-order valence-electron chi connectivity index (χ1n) is 8.06. The lowest BCUT2D eigenvalue weighted by Gasteiger charge is -2.43. The Morgan fingerprint density at radius 2 is 1.81 bits per heavy atom. The summed E-state index contributed by atoms with van der Waals surface area (Å²) in [6, 6.07) is 0.174. The van der Waals surface area contributed by atoms with E-state index >= 15 is 0 Å². The molecule has 4 nitrogen and oxygen atoms in total. The molecule has 1 aliphatic rings. The molecule has 1 amide bonds. The number of rotatable bonds is 3. The van der Waals surface area contributed by atoms with Gasteiger partial charge in [-0.2, -0.15) is 0 Å². The number of carbonyl (C=O) groups is 2. The fourth-order valence-corrected chi connectivity index (χ4v) is 3.22. The molecule has 1 fully saturated rings. The van der Waals surface area contributed by atoms with E-state index in [-0.39, 0.29) is 11.9 Å². The number of hydrogen-bond donors (Lipinski definition) is 0. The van der Waals surface area contributed by atoms with Crippen LogP contribution < -0.4 is 0 Å². The second-order valence-corrected chi connectivity index (χ2v) is 7.60. The van der Waals surface area contributed by atoms with Gasteiger partial charge in [0.1, 0.15) is 5.92 Å². The second-order valence-electron chi connectivity index (χ2n) is 7.60. The van der Waals surface area contributed by atoms with Crippen LogP contribution in [-0.4, -0.2) is 36.0 Å². The summed E-state index contributed by atoms with van der Waals surface area (Å²) >= 11 is 0. The van der Waals surface area contributed by atoms with E-state index in [9.17, 15) is 9.59 Å². The molecule has 1 aliphatic heterocycles. The lowest BCUT2D eigenvalue weighted by atomic mass is 9.78. The van der Waals surface area contributed by atoms with E-state index in [1.807, 2.05) is 25.7 Å². The SMILES string of the molecule is CCOC(=O)C(C(=O)N1CC(C)CC(C)C1C)C(C)(C)C. The third kappa shape index (κ3) is 4.21. The number of esters is 1. The van der Waals surface area contributed by atoms with Gasteiger partial charge in [-0.05, 0) is 37.5 Å². The van der Waals surface area contributed by atoms with Crippen LogP contribution in [-0.2, 0) is 14.3 Å². The van der Waals surface area contributed by atoms with Gasteiger partial charge in [-0.25, -0.2) is 0 Å². The van der Waals surface area contributed by atoms with E-state index in [1.54, 1.807) is 6.92 Å². The van der Waals surface area contributed by atoms with Crippen molar-refractivity contribution < 1.29 is 14.3 Å². The molecule has 1 rings (SSSR count). The molecule has 1 heterocycles. The summed E-state index contributed by atoms with van der Waals surface area (Å²) in [7, 11) is 0. The Morgan fingerprint density at radius 1 is 1.24 bits per heavy atom. The van der Waals surface area contributed by atoms with Gasteiger partial charge in [0.05, 0.1) is 6.61 Å². The summed E-state index contributed by atoms with van der Waals surface area (Å²) in [6.45, 7) is 15.0. The molecule has 0 spiro atoms. The van der Waals surface area contributed by atoms with E-state index in [0.29, 0.717) is 18.4 Å². The summed E-state index contributed by atoms with van der Waals surface area (Å²) in [5.74, 6) is -0.263. The number of amides is 1. The number of nitrogens with zero attached hydrogens (tertiary/aromatic N) is 1. The van der Waals surface area contributed by atoms with Crippen molar-refractivity contribution in [1.82, 2.24) is 4.90 Å². The molecule has 0 radical (unpaired) electrons. The van der Waals surface area contributed by atoms with Gasteiger partial charge >= 0.3 is 5.97 Å². The fourth-order valence-electron chi connectivity index (χ4n) is 3.22. The maximum atomic E-state index is 13.0. The topological polar surface area (TPSA) is 46.6 Å². The van der Waals surface area contributed by atoms with Gasteiger partial charge < -0.3 is 9.64 Å². The van der Waals surface area contributed by atoms with Crippen LogP contribution >= 0.6 is 0 Å². The molecule has 4 atom stereocenters. The molecule has 122 valence electrons. The Hall–Kier alpha value is -1.06. The summed E-state index contributed by atoms with van der Waals surface area (Å²) < 4.78 is 5.14. The first-order chi connectivity index (χ1) is 9.59. The van der Waals surface area contributed by atoms with Crippen LogP contribution in [0, 0.1) is 23.2 Å². The van der Waals surface area contributed by atoms with Crippen molar-refractivity contribution in [2.45, 2.75) is 60.9 Å². The van der Waals surface area contributed by atoms with Crippen molar-refractivity contribution >= 4 is 11.9 Å². The van der Waals surface area contributed by atoms with E-state index < -0.39 is 17.3 Å². The van der Waals surface area contributed by atoms with Crippen LogP contribution in [0.1, 0.15) is 54.9 Å². The van der Waals surface area contributed by atoms with Crippen molar-refractivity contribution in [2.75, 3.05) is 13.2 Å². The molecule has 1 saturated heterocycles. The van der Waals surface area contributed by atoms with Crippen molar-refractivity contribution in [3.63, 3.8) is 0 Å². The standard InChI is InChI=1S/C17H31NO3/c1-8-21-16(20)14(17(5,6)7)15(19)18-10-11(2)9-12(3)13(18)4/h11-14H,8-10H2,1-7H3. The van der Waals surface area contributed by atoms with Gasteiger partial charge in [-0.3, -0.25) is 9.59 Å². The molecule has 21 heavy (non-hydrogen) atoms. The molecule has 0 N–H and O–H groups in total. The maximum absolute atomic E-state index is 13.0. The van der Waals surface area contributed by atoms with E-state index in [0.717, 1.165) is 13.0 Å². The quantitative estimate of drug-likeness (QED) is 0.594. The Bertz CT molecular complexity index is 386. The Labute approximate surface area is 129 Å². The normalized spacial score (nSPS) is 28.1. The number of ether oxygens (including phenoxy) is 1. The zero-order valence-corrected chi connectivity index (χ0v) is 14.6. The third-order valence-electron chi connectivity index (χ3n) is 4.52. The van der Waals surface area contributed by atoms with Gasteiger partial charge in [-0.15, -0.1) is 0 Å². The fraction of sp³-hybridized carbons (Fsp3) is 0.882. The van der Waals surface area contributed by atoms with Crippen molar-refractivity contribution in [3.05, 3.63) is 0 Å². The van der Waals surface area contributed by atoms with Gasteiger partial charge in [-0.1, -0.05) is 34.6 Å². The van der Waals surface area contributed by atoms with Crippen LogP contribution in [0.5, 0.6) is 0 Å². The highest BCUT2D eigenvalue weighted by Gasteiger charge is 2.44. The number of likely N-dealkylation sites (tertiary alicyclic amines) is 1. The van der Waals surface area contributed by atoms with Crippen LogP contribution in [0.25, 0.3) is 0 Å². The maximum Gasteiger partial charge on any atom is 0.319 e. The van der Waals surface area contributed by atoms with E-state index in [1.165, 1.54) is 0 Å². The van der Waals surface area contributed by atoms with Crippen LogP contribution in [0.2, 0.25) is 0 Å². The molecule has 0 aromatic carbocycles. The predicted octanol–water partition coefficient (Wildman–Crippen LogP) is 3.10. The predicted molar refractivity (Wildman–Crippen MR) is 83.7 cm³/mol. The first kappa shape index (κ1) is 18.0. The summed E-state index contributed by atoms with van der Waals surface area (Å²) in [5.41, 5.74) is -0.438. The van der Waals surface area contributed by atoms with Crippen molar-refractivity contribution in [3.8, 4) is 0 Å². The third-order valence-corrected chi connectivity index (χ3v) is 4.52. The first-order valence-corrected chi connectivity index (χ1v) is 8.06. The average molecular weight is 297 g/mol. The largest absolute Gasteiger partial charge is 0.465 e. The highest BCUT2D eigenvalue weighted by molar-refractivity contribution is 5.98. The molecule has 0 aliphatic carbocycles. The minimum Gasteiger partial charge on any atom is -0.465 e. The average Bonchev–Trinajstić information content (AvgIpc) is 2.32. The highest BCUT2D eigenvalue weighted by Crippen LogP contribution is 2.33. The van der Waals surface area contributed by atoms with Gasteiger partial charge in [0, 0.05) is 12.6 Å². The molecule has 0 aromatic rings. The monoisotopic (exact) mass is 297 g/mol. The van der Waals surface area contributed by atoms with Crippen LogP contribution in [0.4, 0.5) is 0 Å². The lowest BCUT2D eigenvalue weighted by molar-refractivity contribution is -0.163. The molecular formula is C17H31NO3. The zero-order chi connectivity index (χ0) is 16.4. The van der Waals surface area contributed by atoms with Crippen molar-refractivity contribution in [2.24, 2.45) is 23.2 Å². The summed E-state index contributed by atoms with van der Waals surface area (Å²) in [5, 5.41) is 0. The van der Waals surface area contributed by atoms with Gasteiger partial charge in [0.15, 0.2) is 0 Å². The highest BCUT2D eigenvalue weighted by atomic mass is 16.5. The minimum absolute atomic E-state index is 0.0770. The summed E-state index contributed by atoms with van der Waals surface area (Å²) in [6.07, 6.45) is 1.13. The van der Waals surface area contributed by atoms with Gasteiger partial charge in [0.25, 0.3) is 0 Å². The minimum atomic E-state index is -0.725. The molecule has 0 saturated carbocycles. The van der Waals surface area contributed by atoms with E-state index in [4.69, 9.17) is 4.74 Å². The number of carbonyl (C=O) groups excluding carboxylic acids is 2. The second kappa shape index (κ2) is 6.80. The Kier molecular flexibility index (Phi) is 5.83. The number of hydrogen-bond acceptors (Lipinski definition) is 3. The van der Waals surface area contributed by atoms with E-state index in [2.05, 4.69) is 20.8 Å². The Balaban J connectivity index is 3.02. The Morgan fingerprint density at radius 3 is 2.29 bits per heavy atom. The molecule has 0 bridgehead atoms. The smallest absolute Gasteiger partial charge is 0.319 e. The van der Waals surface area contributed by atoms with Gasteiger partial charge in [0.2, 0.25) is 5.91 Å². The van der Waals surface area contributed by atoms with Crippen LogP contribution in [0.15, 0.2) is 0 Å². The summed E-state index contributed by atoms with van der Waals surface area (Å²) in [4.78, 5) is 27.2. The zero-order valence-electron chi connectivity index (χ0n) is 14.6. The molecular weight excluding hydrogens is 266 g/mol. The van der Waals surface area contributed by atoms with Crippen molar-refractivity contribution in [1.29, 1.82) is 0 Å². The molecule has 0 aromatic heterocycles.